The van der Waals surface area contributed by atoms with Crippen molar-refractivity contribution in [3.05, 3.63) is 47.8 Å². The number of rotatable bonds is 1. The Morgan fingerprint density at radius 2 is 1.83 bits per heavy atom. The van der Waals surface area contributed by atoms with Crippen molar-refractivity contribution in [3.8, 4) is 11.3 Å². The minimum atomic E-state index is 0.631. The first-order valence-corrected chi connectivity index (χ1v) is 8.87. The number of aromatic nitrogens is 3. The lowest BCUT2D eigenvalue weighted by Crippen LogP contribution is -1.94. The molecule has 0 unspecified atom stereocenters. The number of aryl methyl sites for hydroxylation is 1. The fourth-order valence-corrected chi connectivity index (χ4v) is 4.82. The smallest absolute Gasteiger partial charge is 0.127 e. The first kappa shape index (κ1) is 13.3. The summed E-state index contributed by atoms with van der Waals surface area (Å²) in [4.78, 5) is 14.7. The van der Waals surface area contributed by atoms with Crippen molar-refractivity contribution in [1.82, 2.24) is 15.0 Å². The Kier molecular flexibility index (Phi) is 2.87. The summed E-state index contributed by atoms with van der Waals surface area (Å²) >= 11 is 7.00. The average Bonchev–Trinajstić information content (AvgIpc) is 3.19. The minimum Gasteiger partial charge on any atom is -0.759 e. The number of fused-ring (bicyclic) bond motifs is 5. The van der Waals surface area contributed by atoms with Crippen LogP contribution in [0.2, 0.25) is 0 Å². The van der Waals surface area contributed by atoms with E-state index in [-0.39, 0.29) is 0 Å². The van der Waals surface area contributed by atoms with Gasteiger partial charge < -0.3 is 12.6 Å². The Balaban J connectivity index is 1.93. The summed E-state index contributed by atoms with van der Waals surface area (Å²) in [5.41, 5.74) is 6.09. The second-order valence-electron chi connectivity index (χ2n) is 5.78. The van der Waals surface area contributed by atoms with Crippen LogP contribution in [-0.4, -0.2) is 15.0 Å². The van der Waals surface area contributed by atoms with E-state index < -0.39 is 0 Å². The van der Waals surface area contributed by atoms with Crippen LogP contribution in [0.5, 0.6) is 0 Å². The van der Waals surface area contributed by atoms with Crippen molar-refractivity contribution in [1.29, 1.82) is 0 Å². The van der Waals surface area contributed by atoms with Crippen LogP contribution in [-0.2, 0) is 25.5 Å². The Morgan fingerprint density at radius 1 is 1.00 bits per heavy atom. The molecule has 0 saturated carbocycles. The molecule has 0 fully saturated rings. The molecule has 5 heteroatoms. The largest absolute Gasteiger partial charge is 0.759 e. The second-order valence-corrected chi connectivity index (χ2v) is 7.16. The SMILES string of the molecule is [S-]c1ncnc2c1sc1nc(-c3ccccc3)c3c(c12)CCC3. The van der Waals surface area contributed by atoms with Gasteiger partial charge in [0.25, 0.3) is 0 Å². The van der Waals surface area contributed by atoms with Gasteiger partial charge in [-0.2, -0.15) is 0 Å². The molecule has 1 aromatic carbocycles. The number of thiophene rings is 1. The highest BCUT2D eigenvalue weighted by Crippen LogP contribution is 2.42. The lowest BCUT2D eigenvalue weighted by molar-refractivity contribution is 0.913. The lowest BCUT2D eigenvalue weighted by atomic mass is 10.0. The highest BCUT2D eigenvalue weighted by molar-refractivity contribution is 7.59. The predicted octanol–water partition coefficient (Wildman–Crippen LogP) is 4.30. The van der Waals surface area contributed by atoms with Gasteiger partial charge >= 0.3 is 0 Å². The van der Waals surface area contributed by atoms with Crippen LogP contribution in [0.4, 0.5) is 0 Å². The van der Waals surface area contributed by atoms with Crippen LogP contribution in [0.1, 0.15) is 17.5 Å². The zero-order valence-corrected chi connectivity index (χ0v) is 13.9. The molecular formula is C18H12N3S2-. The van der Waals surface area contributed by atoms with Gasteiger partial charge in [-0.1, -0.05) is 35.4 Å². The summed E-state index contributed by atoms with van der Waals surface area (Å²) in [6.07, 6.45) is 4.94. The highest BCUT2D eigenvalue weighted by Gasteiger charge is 2.23. The van der Waals surface area contributed by atoms with Gasteiger partial charge in [-0.15, -0.1) is 11.3 Å². The Bertz CT molecular complexity index is 1050. The maximum absolute atomic E-state index is 5.38. The van der Waals surface area contributed by atoms with E-state index in [9.17, 15) is 0 Å². The molecule has 3 aromatic heterocycles. The molecule has 0 radical (unpaired) electrons. The van der Waals surface area contributed by atoms with Crippen molar-refractivity contribution >= 4 is 44.4 Å². The Hall–Kier alpha value is -2.11. The fraction of sp³-hybridized carbons (Fsp3) is 0.167. The molecule has 3 heterocycles. The molecule has 4 aromatic rings. The molecule has 0 amide bonds. The predicted molar refractivity (Wildman–Crippen MR) is 95.8 cm³/mol. The van der Waals surface area contributed by atoms with Crippen molar-refractivity contribution in [3.63, 3.8) is 0 Å². The molecule has 0 spiro atoms. The van der Waals surface area contributed by atoms with Gasteiger partial charge in [0.2, 0.25) is 0 Å². The summed E-state index contributed by atoms with van der Waals surface area (Å²) in [5.74, 6) is 0. The molecule has 0 bridgehead atoms. The molecule has 0 saturated heterocycles. The third kappa shape index (κ3) is 1.90. The molecule has 112 valence electrons. The van der Waals surface area contributed by atoms with Gasteiger partial charge in [0.15, 0.2) is 0 Å². The van der Waals surface area contributed by atoms with Crippen molar-refractivity contribution in [2.45, 2.75) is 24.3 Å². The molecule has 5 rings (SSSR count). The quantitative estimate of drug-likeness (QED) is 0.384. The van der Waals surface area contributed by atoms with Crippen molar-refractivity contribution < 1.29 is 0 Å². The van der Waals surface area contributed by atoms with Crippen LogP contribution in [0.25, 0.3) is 31.7 Å². The van der Waals surface area contributed by atoms with E-state index in [2.05, 4.69) is 34.2 Å². The first-order chi connectivity index (χ1) is 11.3. The summed E-state index contributed by atoms with van der Waals surface area (Å²) in [7, 11) is 0. The van der Waals surface area contributed by atoms with Crippen molar-refractivity contribution in [2.75, 3.05) is 0 Å². The van der Waals surface area contributed by atoms with Gasteiger partial charge in [0, 0.05) is 10.9 Å². The minimum absolute atomic E-state index is 0.631. The normalized spacial score (nSPS) is 13.7. The lowest BCUT2D eigenvalue weighted by Gasteiger charge is -2.09. The van der Waals surface area contributed by atoms with E-state index in [1.807, 2.05) is 6.07 Å². The fourth-order valence-electron chi connectivity index (χ4n) is 3.51. The van der Waals surface area contributed by atoms with E-state index >= 15 is 0 Å². The molecule has 1 aliphatic carbocycles. The standard InChI is InChI=1S/C18H13N3S2/c22-17-16-15(19-9-20-17)13-11-7-4-8-12(11)14(21-18(13)23-16)10-5-2-1-3-6-10/h1-3,5-6,9H,4,7-8H2,(H,19,20,22)/p-1. The van der Waals surface area contributed by atoms with Gasteiger partial charge in [-0.3, -0.25) is 4.98 Å². The number of pyridine rings is 1. The number of benzene rings is 1. The van der Waals surface area contributed by atoms with Crippen LogP contribution in [0.3, 0.4) is 0 Å². The molecule has 0 aliphatic heterocycles. The topological polar surface area (TPSA) is 38.7 Å². The average molecular weight is 334 g/mol. The number of hydrogen-bond acceptors (Lipinski definition) is 5. The van der Waals surface area contributed by atoms with Gasteiger partial charge in [-0.05, 0) is 30.4 Å². The highest BCUT2D eigenvalue weighted by atomic mass is 32.1. The van der Waals surface area contributed by atoms with Crippen LogP contribution < -0.4 is 0 Å². The summed E-state index contributed by atoms with van der Waals surface area (Å²) < 4.78 is 0.990. The molecular weight excluding hydrogens is 322 g/mol. The second kappa shape index (κ2) is 4.94. The summed E-state index contributed by atoms with van der Waals surface area (Å²) in [6.45, 7) is 0. The van der Waals surface area contributed by atoms with E-state index in [1.54, 1.807) is 17.7 Å². The molecule has 3 nitrogen and oxygen atoms in total. The first-order valence-electron chi connectivity index (χ1n) is 7.64. The third-order valence-electron chi connectivity index (χ3n) is 4.49. The molecule has 1 aliphatic rings. The maximum atomic E-state index is 5.38. The van der Waals surface area contributed by atoms with E-state index in [4.69, 9.17) is 17.6 Å². The molecule has 0 atom stereocenters. The summed E-state index contributed by atoms with van der Waals surface area (Å²) in [6, 6.07) is 10.5. The summed E-state index contributed by atoms with van der Waals surface area (Å²) in [5, 5.41) is 1.83. The number of nitrogens with zero attached hydrogens (tertiary/aromatic N) is 3. The monoisotopic (exact) mass is 334 g/mol. The Labute approximate surface area is 142 Å². The maximum Gasteiger partial charge on any atom is 0.127 e. The molecule has 23 heavy (non-hydrogen) atoms. The van der Waals surface area contributed by atoms with E-state index in [0.29, 0.717) is 5.03 Å². The van der Waals surface area contributed by atoms with Crippen molar-refractivity contribution in [2.24, 2.45) is 0 Å². The van der Waals surface area contributed by atoms with Gasteiger partial charge in [0.1, 0.15) is 11.2 Å². The Morgan fingerprint density at radius 3 is 2.70 bits per heavy atom. The third-order valence-corrected chi connectivity index (χ3v) is 6.00. The van der Waals surface area contributed by atoms with Crippen LogP contribution >= 0.6 is 11.3 Å². The van der Waals surface area contributed by atoms with E-state index in [1.165, 1.54) is 28.5 Å². The zero-order chi connectivity index (χ0) is 15.4. The van der Waals surface area contributed by atoms with Gasteiger partial charge in [-0.25, -0.2) is 9.97 Å². The van der Waals surface area contributed by atoms with Gasteiger partial charge in [0.05, 0.1) is 15.9 Å². The number of hydrogen-bond donors (Lipinski definition) is 0. The van der Waals surface area contributed by atoms with Crippen LogP contribution in [0.15, 0.2) is 41.7 Å². The zero-order valence-electron chi connectivity index (χ0n) is 12.2. The van der Waals surface area contributed by atoms with E-state index in [0.717, 1.165) is 33.6 Å². The molecule has 0 N–H and O–H groups in total. The van der Waals surface area contributed by atoms with Crippen LogP contribution in [0, 0.1) is 0 Å².